The maximum Gasteiger partial charge on any atom is 0.263 e. The number of amides is 2. The van der Waals surface area contributed by atoms with Gasteiger partial charge in [0.05, 0.1) is 0 Å². The average Bonchev–Trinajstić information content (AvgIpc) is 3.04. The third-order valence-electron chi connectivity index (χ3n) is 6.84. The third kappa shape index (κ3) is 6.72. The van der Waals surface area contributed by atoms with Crippen LogP contribution in [0.4, 0.5) is 0 Å². The molecule has 2 fully saturated rings. The summed E-state index contributed by atoms with van der Waals surface area (Å²) in [5.41, 5.74) is 1.12. The summed E-state index contributed by atoms with van der Waals surface area (Å²) in [6.07, 6.45) is 8.54. The van der Waals surface area contributed by atoms with Gasteiger partial charge in [-0.05, 0) is 43.2 Å². The SMILES string of the molecule is CC(Oc1ccccc1C(C)C)C(=O)N1CCCN(C(=O)CCC2CCCCC2)CC1. The Balaban J connectivity index is 1.49. The summed E-state index contributed by atoms with van der Waals surface area (Å²) in [6.45, 7) is 8.74. The van der Waals surface area contributed by atoms with E-state index in [4.69, 9.17) is 4.74 Å². The van der Waals surface area contributed by atoms with Crippen molar-refractivity contribution in [1.82, 2.24) is 9.80 Å². The number of ether oxygens (including phenoxy) is 1. The van der Waals surface area contributed by atoms with Crippen LogP contribution in [0.5, 0.6) is 5.75 Å². The molecule has 3 rings (SSSR count). The summed E-state index contributed by atoms with van der Waals surface area (Å²) < 4.78 is 6.07. The van der Waals surface area contributed by atoms with E-state index in [1.54, 1.807) is 0 Å². The minimum absolute atomic E-state index is 0.00932. The van der Waals surface area contributed by atoms with E-state index in [0.717, 1.165) is 36.6 Å². The van der Waals surface area contributed by atoms with Crippen molar-refractivity contribution in [2.45, 2.75) is 84.2 Å². The van der Waals surface area contributed by atoms with Crippen molar-refractivity contribution in [1.29, 1.82) is 0 Å². The fourth-order valence-electron chi connectivity index (χ4n) is 4.91. The molecule has 1 aromatic carbocycles. The Kier molecular flexibility index (Phi) is 8.79. The molecule has 172 valence electrons. The standard InChI is InChI=1S/C26H40N2O3/c1-20(2)23-12-7-8-13-24(23)31-21(3)26(30)28-17-9-16-27(18-19-28)25(29)15-14-22-10-5-4-6-11-22/h7-8,12-13,20-22H,4-6,9-11,14-19H2,1-3H3. The molecule has 2 aliphatic rings. The zero-order valence-electron chi connectivity index (χ0n) is 19.6. The van der Waals surface area contributed by atoms with Crippen LogP contribution in [0.2, 0.25) is 0 Å². The molecule has 1 aromatic rings. The number of hydrogen-bond donors (Lipinski definition) is 0. The van der Waals surface area contributed by atoms with Crippen molar-refractivity contribution in [3.63, 3.8) is 0 Å². The second-order valence-electron chi connectivity index (χ2n) is 9.55. The first-order chi connectivity index (χ1) is 15.0. The van der Waals surface area contributed by atoms with E-state index in [9.17, 15) is 9.59 Å². The van der Waals surface area contributed by atoms with Gasteiger partial charge in [-0.2, -0.15) is 0 Å². The maximum absolute atomic E-state index is 13.0. The molecule has 1 aliphatic carbocycles. The van der Waals surface area contributed by atoms with Crippen LogP contribution in [-0.2, 0) is 9.59 Å². The number of carbonyl (C=O) groups excluding carboxylic acids is 2. The van der Waals surface area contributed by atoms with Crippen LogP contribution in [-0.4, -0.2) is 53.9 Å². The van der Waals surface area contributed by atoms with Gasteiger partial charge in [-0.25, -0.2) is 0 Å². The van der Waals surface area contributed by atoms with Gasteiger partial charge in [0.2, 0.25) is 5.91 Å². The van der Waals surface area contributed by atoms with E-state index >= 15 is 0 Å². The van der Waals surface area contributed by atoms with E-state index in [-0.39, 0.29) is 11.8 Å². The van der Waals surface area contributed by atoms with Crippen LogP contribution in [0.3, 0.4) is 0 Å². The quantitative estimate of drug-likeness (QED) is 0.614. The molecule has 1 heterocycles. The highest BCUT2D eigenvalue weighted by Gasteiger charge is 2.27. The lowest BCUT2D eigenvalue weighted by Crippen LogP contribution is -2.43. The molecule has 0 aromatic heterocycles. The Morgan fingerprint density at radius 1 is 0.935 bits per heavy atom. The molecular weight excluding hydrogens is 388 g/mol. The Bertz CT molecular complexity index is 727. The molecule has 0 N–H and O–H groups in total. The van der Waals surface area contributed by atoms with Gasteiger partial charge in [-0.3, -0.25) is 9.59 Å². The summed E-state index contributed by atoms with van der Waals surface area (Å²) in [5.74, 6) is 2.12. The van der Waals surface area contributed by atoms with Crippen LogP contribution >= 0.6 is 0 Å². The number of nitrogens with zero attached hydrogens (tertiary/aromatic N) is 2. The molecule has 2 amide bonds. The van der Waals surface area contributed by atoms with E-state index in [0.29, 0.717) is 32.0 Å². The van der Waals surface area contributed by atoms with Crippen LogP contribution < -0.4 is 4.74 Å². The lowest BCUT2D eigenvalue weighted by Gasteiger charge is -2.26. The number of carbonyl (C=O) groups is 2. The van der Waals surface area contributed by atoms with Crippen LogP contribution in [0.25, 0.3) is 0 Å². The Morgan fingerprint density at radius 3 is 2.35 bits per heavy atom. The van der Waals surface area contributed by atoms with Gasteiger partial charge in [-0.15, -0.1) is 0 Å². The minimum Gasteiger partial charge on any atom is -0.481 e. The zero-order valence-corrected chi connectivity index (χ0v) is 19.6. The smallest absolute Gasteiger partial charge is 0.263 e. The molecule has 1 aliphatic heterocycles. The molecule has 1 atom stereocenters. The topological polar surface area (TPSA) is 49.9 Å². The van der Waals surface area contributed by atoms with Crippen LogP contribution in [0.1, 0.15) is 83.6 Å². The van der Waals surface area contributed by atoms with Gasteiger partial charge in [0, 0.05) is 32.6 Å². The zero-order chi connectivity index (χ0) is 22.2. The van der Waals surface area contributed by atoms with Gasteiger partial charge < -0.3 is 14.5 Å². The van der Waals surface area contributed by atoms with Gasteiger partial charge in [0.1, 0.15) is 5.75 Å². The summed E-state index contributed by atoms with van der Waals surface area (Å²) in [4.78, 5) is 29.6. The molecular formula is C26H40N2O3. The number of hydrogen-bond acceptors (Lipinski definition) is 3. The van der Waals surface area contributed by atoms with Crippen molar-refractivity contribution in [3.05, 3.63) is 29.8 Å². The second-order valence-corrected chi connectivity index (χ2v) is 9.55. The van der Waals surface area contributed by atoms with Gasteiger partial charge in [-0.1, -0.05) is 64.2 Å². The first-order valence-electron chi connectivity index (χ1n) is 12.3. The number of rotatable bonds is 7. The Hall–Kier alpha value is -2.04. The van der Waals surface area contributed by atoms with E-state index < -0.39 is 6.10 Å². The molecule has 31 heavy (non-hydrogen) atoms. The summed E-state index contributed by atoms with van der Waals surface area (Å²) in [5, 5.41) is 0. The minimum atomic E-state index is -0.534. The van der Waals surface area contributed by atoms with Crippen molar-refractivity contribution in [2.75, 3.05) is 26.2 Å². The molecule has 0 radical (unpaired) electrons. The fourth-order valence-corrected chi connectivity index (χ4v) is 4.91. The highest BCUT2D eigenvalue weighted by atomic mass is 16.5. The summed E-state index contributed by atoms with van der Waals surface area (Å²) in [6, 6.07) is 7.94. The monoisotopic (exact) mass is 428 g/mol. The van der Waals surface area contributed by atoms with Gasteiger partial charge in [0.25, 0.3) is 5.91 Å². The molecule has 5 heteroatoms. The van der Waals surface area contributed by atoms with Crippen LogP contribution in [0, 0.1) is 5.92 Å². The van der Waals surface area contributed by atoms with E-state index in [1.165, 1.54) is 32.1 Å². The maximum atomic E-state index is 13.0. The largest absolute Gasteiger partial charge is 0.481 e. The molecule has 1 saturated carbocycles. The third-order valence-corrected chi connectivity index (χ3v) is 6.84. The summed E-state index contributed by atoms with van der Waals surface area (Å²) >= 11 is 0. The number of para-hydroxylation sites is 1. The number of benzene rings is 1. The molecule has 5 nitrogen and oxygen atoms in total. The predicted octanol–water partition coefficient (Wildman–Crippen LogP) is 5.00. The van der Waals surface area contributed by atoms with Crippen LogP contribution in [0.15, 0.2) is 24.3 Å². The van der Waals surface area contributed by atoms with E-state index in [1.807, 2.05) is 34.9 Å². The second kappa shape index (κ2) is 11.5. The Labute approximate surface area is 188 Å². The lowest BCUT2D eigenvalue weighted by atomic mass is 9.86. The molecule has 1 unspecified atom stereocenters. The molecule has 0 bridgehead atoms. The average molecular weight is 429 g/mol. The first kappa shape index (κ1) is 23.6. The normalized spacial score (nSPS) is 19.2. The van der Waals surface area contributed by atoms with Crippen molar-refractivity contribution >= 4 is 11.8 Å². The van der Waals surface area contributed by atoms with Gasteiger partial charge in [0.15, 0.2) is 6.10 Å². The van der Waals surface area contributed by atoms with Gasteiger partial charge >= 0.3 is 0 Å². The predicted molar refractivity (Wildman–Crippen MR) is 124 cm³/mol. The lowest BCUT2D eigenvalue weighted by molar-refractivity contribution is -0.138. The first-order valence-corrected chi connectivity index (χ1v) is 12.3. The highest BCUT2D eigenvalue weighted by Crippen LogP contribution is 2.28. The fraction of sp³-hybridized carbons (Fsp3) is 0.692. The highest BCUT2D eigenvalue weighted by molar-refractivity contribution is 5.81. The molecule has 0 spiro atoms. The Morgan fingerprint density at radius 2 is 1.61 bits per heavy atom. The van der Waals surface area contributed by atoms with Crippen molar-refractivity contribution < 1.29 is 14.3 Å². The molecule has 1 saturated heterocycles. The van der Waals surface area contributed by atoms with E-state index in [2.05, 4.69) is 19.9 Å². The van der Waals surface area contributed by atoms with Crippen molar-refractivity contribution in [2.24, 2.45) is 5.92 Å². The van der Waals surface area contributed by atoms with Crippen molar-refractivity contribution in [3.8, 4) is 5.75 Å². The summed E-state index contributed by atoms with van der Waals surface area (Å²) in [7, 11) is 0.